The van der Waals surface area contributed by atoms with Gasteiger partial charge in [-0.15, -0.1) is 0 Å². The lowest BCUT2D eigenvalue weighted by Crippen LogP contribution is -2.11. The fourth-order valence-electron chi connectivity index (χ4n) is 1.43. The maximum absolute atomic E-state index is 11.3. The highest BCUT2D eigenvalue weighted by Gasteiger charge is 2.02. The van der Waals surface area contributed by atoms with Crippen LogP contribution in [0.4, 0.5) is 11.4 Å². The van der Waals surface area contributed by atoms with Gasteiger partial charge in [0.2, 0.25) is 5.91 Å². The molecule has 0 unspecified atom stereocenters. The van der Waals surface area contributed by atoms with Crippen LogP contribution in [0.25, 0.3) is 0 Å². The SMILES string of the molecule is CCC(=O)Nc1ccc(C)c(NCCOC)c1. The van der Waals surface area contributed by atoms with E-state index in [-0.39, 0.29) is 5.91 Å². The monoisotopic (exact) mass is 236 g/mol. The molecule has 0 atom stereocenters. The van der Waals surface area contributed by atoms with Crippen molar-refractivity contribution in [3.8, 4) is 0 Å². The molecule has 0 aliphatic heterocycles. The summed E-state index contributed by atoms with van der Waals surface area (Å²) in [4.78, 5) is 11.3. The number of methoxy groups -OCH3 is 1. The summed E-state index contributed by atoms with van der Waals surface area (Å²) < 4.78 is 4.98. The predicted octanol–water partition coefficient (Wildman–Crippen LogP) is 2.40. The minimum atomic E-state index is 0.0247. The zero-order chi connectivity index (χ0) is 12.7. The molecule has 0 aliphatic carbocycles. The maximum atomic E-state index is 11.3. The number of nitrogens with one attached hydrogen (secondary N) is 2. The van der Waals surface area contributed by atoms with Gasteiger partial charge in [-0.2, -0.15) is 0 Å². The molecule has 0 saturated carbocycles. The van der Waals surface area contributed by atoms with Gasteiger partial charge >= 0.3 is 0 Å². The second-order valence-corrected chi connectivity index (χ2v) is 3.85. The van der Waals surface area contributed by atoms with Crippen LogP contribution in [0.3, 0.4) is 0 Å². The molecule has 0 saturated heterocycles. The zero-order valence-electron chi connectivity index (χ0n) is 10.7. The van der Waals surface area contributed by atoms with Crippen LogP contribution in [0, 0.1) is 6.92 Å². The molecule has 2 N–H and O–H groups in total. The van der Waals surface area contributed by atoms with Crippen LogP contribution in [0.15, 0.2) is 18.2 Å². The Morgan fingerprint density at radius 2 is 2.18 bits per heavy atom. The van der Waals surface area contributed by atoms with E-state index in [2.05, 4.69) is 10.6 Å². The smallest absolute Gasteiger partial charge is 0.224 e. The number of hydrogen-bond acceptors (Lipinski definition) is 3. The standard InChI is InChI=1S/C13H20N2O2/c1-4-13(16)15-11-6-5-10(2)12(9-11)14-7-8-17-3/h5-6,9,14H,4,7-8H2,1-3H3,(H,15,16). The first-order chi connectivity index (χ1) is 8.17. The summed E-state index contributed by atoms with van der Waals surface area (Å²) in [6.07, 6.45) is 0.486. The molecule has 17 heavy (non-hydrogen) atoms. The van der Waals surface area contributed by atoms with Crippen molar-refractivity contribution in [1.29, 1.82) is 0 Å². The molecule has 0 radical (unpaired) electrons. The van der Waals surface area contributed by atoms with Crippen molar-refractivity contribution in [2.75, 3.05) is 30.9 Å². The van der Waals surface area contributed by atoms with E-state index in [0.29, 0.717) is 13.0 Å². The minimum Gasteiger partial charge on any atom is -0.383 e. The van der Waals surface area contributed by atoms with Gasteiger partial charge in [0.25, 0.3) is 0 Å². The number of benzene rings is 1. The molecular weight excluding hydrogens is 216 g/mol. The summed E-state index contributed by atoms with van der Waals surface area (Å²) >= 11 is 0. The van der Waals surface area contributed by atoms with Gasteiger partial charge < -0.3 is 15.4 Å². The Balaban J connectivity index is 2.68. The molecule has 4 nitrogen and oxygen atoms in total. The molecule has 1 amide bonds. The summed E-state index contributed by atoms with van der Waals surface area (Å²) in [5, 5.41) is 6.11. The highest BCUT2D eigenvalue weighted by atomic mass is 16.5. The Labute approximate surface area is 102 Å². The number of carbonyl (C=O) groups excluding carboxylic acids is 1. The Bertz CT molecular complexity index is 378. The first-order valence-corrected chi connectivity index (χ1v) is 5.80. The zero-order valence-corrected chi connectivity index (χ0v) is 10.7. The number of anilines is 2. The van der Waals surface area contributed by atoms with E-state index in [9.17, 15) is 4.79 Å². The van der Waals surface area contributed by atoms with Crippen LogP contribution in [-0.2, 0) is 9.53 Å². The second kappa shape index (κ2) is 6.91. The fourth-order valence-corrected chi connectivity index (χ4v) is 1.43. The molecule has 1 rings (SSSR count). The van der Waals surface area contributed by atoms with E-state index in [1.807, 2.05) is 32.0 Å². The fraction of sp³-hybridized carbons (Fsp3) is 0.462. The molecule has 4 heteroatoms. The van der Waals surface area contributed by atoms with Crippen LogP contribution >= 0.6 is 0 Å². The Morgan fingerprint density at radius 3 is 2.82 bits per heavy atom. The van der Waals surface area contributed by atoms with Gasteiger partial charge in [-0.3, -0.25) is 4.79 Å². The van der Waals surface area contributed by atoms with Gasteiger partial charge in [0.1, 0.15) is 0 Å². The summed E-state index contributed by atoms with van der Waals surface area (Å²) in [6.45, 7) is 5.27. The Hall–Kier alpha value is -1.55. The van der Waals surface area contributed by atoms with E-state index in [1.54, 1.807) is 7.11 Å². The quantitative estimate of drug-likeness (QED) is 0.746. The maximum Gasteiger partial charge on any atom is 0.224 e. The summed E-state index contributed by atoms with van der Waals surface area (Å²) in [5.74, 6) is 0.0247. The van der Waals surface area contributed by atoms with E-state index in [0.717, 1.165) is 23.5 Å². The topological polar surface area (TPSA) is 50.4 Å². The lowest BCUT2D eigenvalue weighted by atomic mass is 10.1. The lowest BCUT2D eigenvalue weighted by molar-refractivity contribution is -0.115. The number of aryl methyl sites for hydroxylation is 1. The Morgan fingerprint density at radius 1 is 1.41 bits per heavy atom. The molecule has 0 fully saturated rings. The number of amides is 1. The average molecular weight is 236 g/mol. The van der Waals surface area contributed by atoms with Crippen LogP contribution in [0.2, 0.25) is 0 Å². The van der Waals surface area contributed by atoms with Crippen molar-refractivity contribution in [3.05, 3.63) is 23.8 Å². The molecule has 1 aromatic rings. The third-order valence-electron chi connectivity index (χ3n) is 2.46. The average Bonchev–Trinajstić information content (AvgIpc) is 2.33. The number of hydrogen-bond donors (Lipinski definition) is 2. The lowest BCUT2D eigenvalue weighted by Gasteiger charge is -2.11. The van der Waals surface area contributed by atoms with Gasteiger partial charge in [-0.25, -0.2) is 0 Å². The van der Waals surface area contributed by atoms with Crippen LogP contribution in [0.5, 0.6) is 0 Å². The molecule has 0 spiro atoms. The van der Waals surface area contributed by atoms with Crippen molar-refractivity contribution < 1.29 is 9.53 Å². The van der Waals surface area contributed by atoms with Crippen LogP contribution < -0.4 is 10.6 Å². The second-order valence-electron chi connectivity index (χ2n) is 3.85. The van der Waals surface area contributed by atoms with Crippen LogP contribution in [-0.4, -0.2) is 26.2 Å². The molecular formula is C13H20N2O2. The molecule has 0 aromatic heterocycles. The molecule has 0 bridgehead atoms. The first kappa shape index (κ1) is 13.5. The molecule has 1 aromatic carbocycles. The van der Waals surface area contributed by atoms with Gasteiger partial charge in [0.15, 0.2) is 0 Å². The molecule has 0 aliphatic rings. The van der Waals surface area contributed by atoms with Crippen molar-refractivity contribution in [3.63, 3.8) is 0 Å². The van der Waals surface area contributed by atoms with Crippen LogP contribution in [0.1, 0.15) is 18.9 Å². The van der Waals surface area contributed by atoms with E-state index < -0.39 is 0 Å². The largest absolute Gasteiger partial charge is 0.383 e. The number of rotatable bonds is 6. The van der Waals surface area contributed by atoms with E-state index in [4.69, 9.17) is 4.74 Å². The van der Waals surface area contributed by atoms with Crippen molar-refractivity contribution in [1.82, 2.24) is 0 Å². The van der Waals surface area contributed by atoms with Crippen molar-refractivity contribution in [2.45, 2.75) is 20.3 Å². The van der Waals surface area contributed by atoms with Gasteiger partial charge in [0, 0.05) is 31.5 Å². The minimum absolute atomic E-state index is 0.0247. The third kappa shape index (κ3) is 4.44. The van der Waals surface area contributed by atoms with Crippen molar-refractivity contribution >= 4 is 17.3 Å². The van der Waals surface area contributed by atoms with E-state index >= 15 is 0 Å². The number of ether oxygens (including phenoxy) is 1. The summed E-state index contributed by atoms with van der Waals surface area (Å²) in [5.41, 5.74) is 2.99. The normalized spacial score (nSPS) is 10.1. The summed E-state index contributed by atoms with van der Waals surface area (Å²) in [6, 6.07) is 5.84. The predicted molar refractivity (Wildman–Crippen MR) is 70.5 cm³/mol. The first-order valence-electron chi connectivity index (χ1n) is 5.80. The third-order valence-corrected chi connectivity index (χ3v) is 2.46. The summed E-state index contributed by atoms with van der Waals surface area (Å²) in [7, 11) is 1.67. The van der Waals surface area contributed by atoms with E-state index in [1.165, 1.54) is 0 Å². The van der Waals surface area contributed by atoms with Crippen molar-refractivity contribution in [2.24, 2.45) is 0 Å². The Kier molecular flexibility index (Phi) is 5.49. The highest BCUT2D eigenvalue weighted by Crippen LogP contribution is 2.20. The van der Waals surface area contributed by atoms with Gasteiger partial charge in [-0.1, -0.05) is 13.0 Å². The molecule has 94 valence electrons. The molecule has 0 heterocycles. The van der Waals surface area contributed by atoms with Gasteiger partial charge in [0.05, 0.1) is 6.61 Å². The number of carbonyl (C=O) groups is 1. The highest BCUT2D eigenvalue weighted by molar-refractivity contribution is 5.91. The van der Waals surface area contributed by atoms with Gasteiger partial charge in [-0.05, 0) is 24.6 Å².